The van der Waals surface area contributed by atoms with E-state index in [0.29, 0.717) is 30.8 Å². The maximum absolute atomic E-state index is 13.6. The number of carbonyl (C=O) groups excluding carboxylic acids is 2. The van der Waals surface area contributed by atoms with Crippen LogP contribution in [0.1, 0.15) is 50.9 Å². The molecule has 4 heterocycles. The lowest BCUT2D eigenvalue weighted by atomic mass is 9.95. The van der Waals surface area contributed by atoms with Crippen LogP contribution >= 0.6 is 0 Å². The Bertz CT molecular complexity index is 1360. The Kier molecular flexibility index (Phi) is 4.68. The molecule has 1 unspecified atom stereocenters. The largest absolute Gasteiger partial charge is 0.338 e. The van der Waals surface area contributed by atoms with E-state index in [-0.39, 0.29) is 17.7 Å². The number of fused-ring (bicyclic) bond motifs is 2. The van der Waals surface area contributed by atoms with Crippen molar-refractivity contribution in [2.75, 3.05) is 18.0 Å². The smallest absolute Gasteiger partial charge is 0.259 e. The molecule has 2 aromatic heterocycles. The minimum Gasteiger partial charge on any atom is -0.338 e. The van der Waals surface area contributed by atoms with Crippen LogP contribution in [0.3, 0.4) is 0 Å². The number of amides is 2. The molecule has 2 aromatic carbocycles. The zero-order chi connectivity index (χ0) is 22.4. The van der Waals surface area contributed by atoms with E-state index in [1.807, 2.05) is 76.2 Å². The summed E-state index contributed by atoms with van der Waals surface area (Å²) in [7, 11) is 0. The number of rotatable bonds is 3. The van der Waals surface area contributed by atoms with Crippen LogP contribution in [0.2, 0.25) is 0 Å². The second-order valence-corrected chi connectivity index (χ2v) is 8.64. The Balaban J connectivity index is 1.29. The lowest BCUT2D eigenvalue weighted by molar-refractivity contribution is 0.0700. The molecule has 2 amide bonds. The molecular formula is C26H23N5O2. The third-order valence-corrected chi connectivity index (χ3v) is 6.65. The van der Waals surface area contributed by atoms with Crippen molar-refractivity contribution in [2.45, 2.75) is 25.3 Å². The molecule has 0 bridgehead atoms. The van der Waals surface area contributed by atoms with Gasteiger partial charge in [0.05, 0.1) is 17.7 Å². The van der Waals surface area contributed by atoms with E-state index in [0.717, 1.165) is 35.6 Å². The number of aromatic nitrogens is 3. The first-order chi connectivity index (χ1) is 16.2. The lowest BCUT2D eigenvalue weighted by Gasteiger charge is -2.32. The van der Waals surface area contributed by atoms with Crippen molar-refractivity contribution < 1.29 is 9.59 Å². The summed E-state index contributed by atoms with van der Waals surface area (Å²) in [6.07, 6.45) is 3.80. The van der Waals surface area contributed by atoms with E-state index in [1.54, 1.807) is 11.0 Å². The molecule has 7 heteroatoms. The van der Waals surface area contributed by atoms with Crippen LogP contribution in [0.4, 0.5) is 5.69 Å². The van der Waals surface area contributed by atoms with Gasteiger partial charge in [0.2, 0.25) is 0 Å². The average molecular weight is 438 g/mol. The zero-order valence-electron chi connectivity index (χ0n) is 18.1. The molecule has 0 radical (unpaired) electrons. The predicted molar refractivity (Wildman–Crippen MR) is 124 cm³/mol. The number of hydrogen-bond acceptors (Lipinski definition) is 4. The highest BCUT2D eigenvalue weighted by Gasteiger charge is 2.35. The molecule has 164 valence electrons. The Morgan fingerprint density at radius 1 is 0.939 bits per heavy atom. The lowest BCUT2D eigenvalue weighted by Crippen LogP contribution is -2.40. The molecule has 0 aliphatic carbocycles. The highest BCUT2D eigenvalue weighted by Crippen LogP contribution is 2.32. The number of hydrogen-bond donors (Lipinski definition) is 0. The van der Waals surface area contributed by atoms with Crippen LogP contribution in [0.25, 0.3) is 5.65 Å². The predicted octanol–water partition coefficient (Wildman–Crippen LogP) is 3.91. The molecular weight excluding hydrogens is 414 g/mol. The summed E-state index contributed by atoms with van der Waals surface area (Å²) in [5.41, 5.74) is 3.56. The molecule has 33 heavy (non-hydrogen) atoms. The summed E-state index contributed by atoms with van der Waals surface area (Å²) < 4.78 is 2.00. The van der Waals surface area contributed by atoms with Crippen molar-refractivity contribution >= 4 is 23.1 Å². The molecule has 7 nitrogen and oxygen atoms in total. The van der Waals surface area contributed by atoms with Crippen molar-refractivity contribution in [2.24, 2.45) is 0 Å². The van der Waals surface area contributed by atoms with Crippen molar-refractivity contribution in [3.05, 3.63) is 95.4 Å². The van der Waals surface area contributed by atoms with Gasteiger partial charge in [-0.3, -0.25) is 14.0 Å². The minimum absolute atomic E-state index is 0.0892. The Morgan fingerprint density at radius 2 is 1.79 bits per heavy atom. The van der Waals surface area contributed by atoms with E-state index in [1.165, 1.54) is 0 Å². The fourth-order valence-electron chi connectivity index (χ4n) is 5.04. The van der Waals surface area contributed by atoms with Gasteiger partial charge in [-0.1, -0.05) is 36.4 Å². The third kappa shape index (κ3) is 3.28. The van der Waals surface area contributed by atoms with Crippen molar-refractivity contribution in [3.8, 4) is 0 Å². The number of piperidine rings is 1. The molecule has 0 saturated carbocycles. The van der Waals surface area contributed by atoms with Gasteiger partial charge < -0.3 is 9.80 Å². The number of pyridine rings is 1. The van der Waals surface area contributed by atoms with Gasteiger partial charge in [-0.15, -0.1) is 10.2 Å². The number of nitrogens with zero attached hydrogens (tertiary/aromatic N) is 5. The van der Waals surface area contributed by atoms with Crippen LogP contribution in [0.5, 0.6) is 0 Å². The minimum atomic E-state index is -0.114. The summed E-state index contributed by atoms with van der Waals surface area (Å²) in [4.78, 5) is 30.6. The van der Waals surface area contributed by atoms with Crippen LogP contribution < -0.4 is 4.90 Å². The first-order valence-electron chi connectivity index (χ1n) is 11.3. The maximum Gasteiger partial charge on any atom is 0.259 e. The standard InChI is InChI=1S/C26H23N5O2/c32-25(29-14-7-9-19(16-29)24-28-27-22-13-4-5-15-30(22)24)21-12-6-8-18-17-31(26(33)23(18)21)20-10-2-1-3-11-20/h1-6,8,10-13,15,19H,7,9,14,16-17H2. The van der Waals surface area contributed by atoms with E-state index in [2.05, 4.69) is 10.2 Å². The highest BCUT2D eigenvalue weighted by molar-refractivity contribution is 6.16. The molecule has 4 aromatic rings. The Morgan fingerprint density at radius 3 is 2.67 bits per heavy atom. The second kappa shape index (κ2) is 7.85. The first kappa shape index (κ1) is 19.7. The number of benzene rings is 2. The Hall–Kier alpha value is -4.00. The topological polar surface area (TPSA) is 70.8 Å². The number of likely N-dealkylation sites (tertiary alicyclic amines) is 1. The maximum atomic E-state index is 13.6. The van der Waals surface area contributed by atoms with Gasteiger partial charge in [-0.05, 0) is 48.7 Å². The van der Waals surface area contributed by atoms with Crippen LogP contribution in [-0.4, -0.2) is 44.4 Å². The van der Waals surface area contributed by atoms with Gasteiger partial charge in [0, 0.05) is 30.9 Å². The van der Waals surface area contributed by atoms with Crippen molar-refractivity contribution in [1.82, 2.24) is 19.5 Å². The summed E-state index contributed by atoms with van der Waals surface area (Å²) >= 11 is 0. The fourth-order valence-corrected chi connectivity index (χ4v) is 5.04. The van der Waals surface area contributed by atoms with Gasteiger partial charge >= 0.3 is 0 Å². The van der Waals surface area contributed by atoms with Crippen LogP contribution in [0.15, 0.2) is 72.9 Å². The van der Waals surface area contributed by atoms with Crippen LogP contribution in [0, 0.1) is 0 Å². The molecule has 0 spiro atoms. The molecule has 1 saturated heterocycles. The highest BCUT2D eigenvalue weighted by atomic mass is 16.2. The molecule has 6 rings (SSSR count). The zero-order valence-corrected chi connectivity index (χ0v) is 18.1. The number of carbonyl (C=O) groups is 2. The summed E-state index contributed by atoms with van der Waals surface area (Å²) in [5, 5.41) is 8.69. The molecule has 2 aliphatic rings. The van der Waals surface area contributed by atoms with Gasteiger partial charge in [0.1, 0.15) is 5.82 Å². The molecule has 2 aliphatic heterocycles. The van der Waals surface area contributed by atoms with E-state index in [4.69, 9.17) is 0 Å². The van der Waals surface area contributed by atoms with E-state index in [9.17, 15) is 9.59 Å². The van der Waals surface area contributed by atoms with E-state index >= 15 is 0 Å². The fraction of sp³-hybridized carbons (Fsp3) is 0.231. The SMILES string of the molecule is O=C(c1cccc2c1C(=O)N(c1ccccc1)C2)N1CCCC(c2nnc3ccccn23)C1. The molecule has 1 atom stereocenters. The number of anilines is 1. The summed E-state index contributed by atoms with van der Waals surface area (Å²) in [5.74, 6) is 0.784. The number of para-hydroxylation sites is 1. The monoisotopic (exact) mass is 437 g/mol. The average Bonchev–Trinajstić information content (AvgIpc) is 3.46. The summed E-state index contributed by atoms with van der Waals surface area (Å²) in [6, 6.07) is 21.0. The van der Waals surface area contributed by atoms with Gasteiger partial charge in [-0.2, -0.15) is 0 Å². The summed E-state index contributed by atoms with van der Waals surface area (Å²) in [6.45, 7) is 1.72. The first-order valence-corrected chi connectivity index (χ1v) is 11.3. The third-order valence-electron chi connectivity index (χ3n) is 6.65. The van der Waals surface area contributed by atoms with Gasteiger partial charge in [0.15, 0.2) is 5.65 Å². The van der Waals surface area contributed by atoms with Crippen LogP contribution in [-0.2, 0) is 6.54 Å². The Labute approximate surface area is 191 Å². The van der Waals surface area contributed by atoms with Crippen molar-refractivity contribution in [1.29, 1.82) is 0 Å². The van der Waals surface area contributed by atoms with Crippen molar-refractivity contribution in [3.63, 3.8) is 0 Å². The second-order valence-electron chi connectivity index (χ2n) is 8.64. The van der Waals surface area contributed by atoms with Gasteiger partial charge in [-0.25, -0.2) is 0 Å². The molecule has 0 N–H and O–H groups in total. The van der Waals surface area contributed by atoms with Gasteiger partial charge in [0.25, 0.3) is 11.8 Å². The quantitative estimate of drug-likeness (QED) is 0.487. The van der Waals surface area contributed by atoms with E-state index < -0.39 is 0 Å². The normalized spacial score (nSPS) is 18.1. The molecule has 1 fully saturated rings.